The number of anilines is 1. The number of amides is 1. The fourth-order valence-corrected chi connectivity index (χ4v) is 4.07. The Kier molecular flexibility index (Phi) is 5.11. The zero-order valence-corrected chi connectivity index (χ0v) is 16.7. The summed E-state index contributed by atoms with van der Waals surface area (Å²) in [4.78, 5) is 15.1. The van der Waals surface area contributed by atoms with Crippen LogP contribution in [0.3, 0.4) is 0 Å². The molecule has 1 amide bonds. The van der Waals surface area contributed by atoms with Crippen molar-refractivity contribution in [3.63, 3.8) is 0 Å². The smallest absolute Gasteiger partial charge is 0.231 e. The van der Waals surface area contributed by atoms with Crippen molar-refractivity contribution in [1.29, 1.82) is 0 Å². The van der Waals surface area contributed by atoms with E-state index in [-0.39, 0.29) is 18.6 Å². The molecule has 3 aromatic rings. The molecule has 1 fully saturated rings. The number of nitrogens with one attached hydrogen (secondary N) is 1. The molecule has 0 atom stereocenters. The standard InChI is InChI=1S/C23H24N4O3/c28-23(25-19-5-7-20(8-6-19)27-12-2-11-24-27)17-9-13-26(14-10-17)15-18-3-1-4-21-22(18)30-16-29-21/h1-8,11-12,17H,9-10,13-16H2,(H,25,28). The Morgan fingerprint density at radius 3 is 2.67 bits per heavy atom. The van der Waals surface area contributed by atoms with E-state index >= 15 is 0 Å². The molecular weight excluding hydrogens is 380 g/mol. The van der Waals surface area contributed by atoms with E-state index in [4.69, 9.17) is 9.47 Å². The molecule has 2 aliphatic rings. The maximum Gasteiger partial charge on any atom is 0.231 e. The summed E-state index contributed by atoms with van der Waals surface area (Å²) in [5, 5.41) is 7.28. The molecule has 1 N–H and O–H groups in total. The van der Waals surface area contributed by atoms with Gasteiger partial charge in [-0.05, 0) is 62.3 Å². The number of ether oxygens (including phenoxy) is 2. The van der Waals surface area contributed by atoms with Gasteiger partial charge in [-0.2, -0.15) is 5.10 Å². The van der Waals surface area contributed by atoms with Crippen LogP contribution < -0.4 is 14.8 Å². The van der Waals surface area contributed by atoms with Gasteiger partial charge in [0.1, 0.15) is 0 Å². The van der Waals surface area contributed by atoms with E-state index in [1.165, 1.54) is 0 Å². The normalized spacial score (nSPS) is 16.5. The number of nitrogens with zero attached hydrogens (tertiary/aromatic N) is 3. The molecule has 154 valence electrons. The van der Waals surface area contributed by atoms with Gasteiger partial charge in [0.25, 0.3) is 0 Å². The Morgan fingerprint density at radius 2 is 1.90 bits per heavy atom. The molecule has 1 saturated heterocycles. The molecule has 1 aromatic heterocycles. The lowest BCUT2D eigenvalue weighted by molar-refractivity contribution is -0.121. The van der Waals surface area contributed by atoms with Gasteiger partial charge in [0.15, 0.2) is 11.5 Å². The van der Waals surface area contributed by atoms with Crippen molar-refractivity contribution in [3.05, 3.63) is 66.5 Å². The van der Waals surface area contributed by atoms with Crippen molar-refractivity contribution < 1.29 is 14.3 Å². The summed E-state index contributed by atoms with van der Waals surface area (Å²) in [7, 11) is 0. The molecule has 0 bridgehead atoms. The van der Waals surface area contributed by atoms with E-state index in [9.17, 15) is 4.79 Å². The molecule has 0 saturated carbocycles. The molecule has 5 rings (SSSR count). The lowest BCUT2D eigenvalue weighted by atomic mass is 9.95. The van der Waals surface area contributed by atoms with Crippen LogP contribution in [-0.4, -0.2) is 40.5 Å². The number of piperidine rings is 1. The van der Waals surface area contributed by atoms with Crippen LogP contribution in [-0.2, 0) is 11.3 Å². The van der Waals surface area contributed by atoms with Gasteiger partial charge in [-0.15, -0.1) is 0 Å². The van der Waals surface area contributed by atoms with E-state index in [0.29, 0.717) is 0 Å². The first-order valence-electron chi connectivity index (χ1n) is 10.3. The van der Waals surface area contributed by atoms with Crippen LogP contribution in [0.25, 0.3) is 5.69 Å². The van der Waals surface area contributed by atoms with Gasteiger partial charge in [0, 0.05) is 36.1 Å². The first-order valence-corrected chi connectivity index (χ1v) is 10.3. The third-order valence-corrected chi connectivity index (χ3v) is 5.73. The Hall–Kier alpha value is -3.32. The molecule has 0 unspecified atom stereocenters. The van der Waals surface area contributed by atoms with Crippen molar-refractivity contribution in [2.75, 3.05) is 25.2 Å². The third-order valence-electron chi connectivity index (χ3n) is 5.73. The van der Waals surface area contributed by atoms with Crippen LogP contribution in [0.4, 0.5) is 5.69 Å². The molecule has 0 radical (unpaired) electrons. The first kappa shape index (κ1) is 18.7. The van der Waals surface area contributed by atoms with Gasteiger partial charge >= 0.3 is 0 Å². The predicted molar refractivity (Wildman–Crippen MR) is 113 cm³/mol. The van der Waals surface area contributed by atoms with Gasteiger partial charge in [0.05, 0.1) is 5.69 Å². The van der Waals surface area contributed by atoms with Crippen LogP contribution in [0.5, 0.6) is 11.5 Å². The molecule has 0 spiro atoms. The minimum absolute atomic E-state index is 0.0353. The highest BCUT2D eigenvalue weighted by atomic mass is 16.7. The van der Waals surface area contributed by atoms with Crippen LogP contribution in [0, 0.1) is 5.92 Å². The minimum atomic E-state index is 0.0353. The van der Waals surface area contributed by atoms with Crippen molar-refractivity contribution in [2.24, 2.45) is 5.92 Å². The number of carbonyl (C=O) groups is 1. The summed E-state index contributed by atoms with van der Waals surface area (Å²) in [6.45, 7) is 2.88. The third kappa shape index (κ3) is 3.89. The zero-order chi connectivity index (χ0) is 20.3. The number of para-hydroxylation sites is 1. The second-order valence-corrected chi connectivity index (χ2v) is 7.69. The van der Waals surface area contributed by atoms with E-state index in [0.717, 1.165) is 60.9 Å². The molecule has 0 aliphatic carbocycles. The SMILES string of the molecule is O=C(Nc1ccc(-n2cccn2)cc1)C1CCN(Cc2cccc3c2OCO3)CC1. The highest BCUT2D eigenvalue weighted by Gasteiger charge is 2.26. The lowest BCUT2D eigenvalue weighted by Crippen LogP contribution is -2.37. The number of carbonyl (C=O) groups excluding carboxylic acids is 1. The number of rotatable bonds is 5. The highest BCUT2D eigenvalue weighted by Crippen LogP contribution is 2.36. The predicted octanol–water partition coefficient (Wildman–Crippen LogP) is 3.45. The fraction of sp³-hybridized carbons (Fsp3) is 0.304. The van der Waals surface area contributed by atoms with Crippen LogP contribution in [0.15, 0.2) is 60.9 Å². The average Bonchev–Trinajstić information content (AvgIpc) is 3.47. The van der Waals surface area contributed by atoms with Crippen molar-refractivity contribution >= 4 is 11.6 Å². The lowest BCUT2D eigenvalue weighted by Gasteiger charge is -2.31. The summed E-state index contributed by atoms with van der Waals surface area (Å²) in [5.41, 5.74) is 2.92. The molecule has 2 aliphatic heterocycles. The van der Waals surface area contributed by atoms with E-state index in [2.05, 4.69) is 21.4 Å². The molecule has 3 heterocycles. The van der Waals surface area contributed by atoms with Gasteiger partial charge in [0.2, 0.25) is 12.7 Å². The van der Waals surface area contributed by atoms with Crippen molar-refractivity contribution in [2.45, 2.75) is 19.4 Å². The minimum Gasteiger partial charge on any atom is -0.454 e. The van der Waals surface area contributed by atoms with E-state index in [1.807, 2.05) is 48.7 Å². The molecular formula is C23H24N4O3. The average molecular weight is 404 g/mol. The Bertz CT molecular complexity index is 1010. The van der Waals surface area contributed by atoms with Crippen molar-refractivity contribution in [1.82, 2.24) is 14.7 Å². The molecule has 2 aromatic carbocycles. The number of likely N-dealkylation sites (tertiary alicyclic amines) is 1. The number of fused-ring (bicyclic) bond motifs is 1. The first-order chi connectivity index (χ1) is 14.8. The second kappa shape index (κ2) is 8.20. The van der Waals surface area contributed by atoms with Crippen LogP contribution in [0.1, 0.15) is 18.4 Å². The summed E-state index contributed by atoms with van der Waals surface area (Å²) >= 11 is 0. The topological polar surface area (TPSA) is 68.6 Å². The monoisotopic (exact) mass is 404 g/mol. The Morgan fingerprint density at radius 1 is 1.07 bits per heavy atom. The van der Waals surface area contributed by atoms with Gasteiger partial charge in [-0.1, -0.05) is 12.1 Å². The number of aromatic nitrogens is 2. The second-order valence-electron chi connectivity index (χ2n) is 7.69. The maximum absolute atomic E-state index is 12.7. The quantitative estimate of drug-likeness (QED) is 0.705. The van der Waals surface area contributed by atoms with Crippen LogP contribution in [0.2, 0.25) is 0 Å². The van der Waals surface area contributed by atoms with Crippen molar-refractivity contribution in [3.8, 4) is 17.2 Å². The van der Waals surface area contributed by atoms with E-state index in [1.54, 1.807) is 10.9 Å². The largest absolute Gasteiger partial charge is 0.454 e. The molecule has 7 heteroatoms. The maximum atomic E-state index is 12.7. The summed E-state index contributed by atoms with van der Waals surface area (Å²) in [6.07, 6.45) is 5.34. The fourth-order valence-electron chi connectivity index (χ4n) is 4.07. The van der Waals surface area contributed by atoms with Crippen LogP contribution >= 0.6 is 0 Å². The number of hydrogen-bond acceptors (Lipinski definition) is 5. The Balaban J connectivity index is 1.14. The van der Waals surface area contributed by atoms with E-state index < -0.39 is 0 Å². The van der Waals surface area contributed by atoms with Gasteiger partial charge < -0.3 is 14.8 Å². The highest BCUT2D eigenvalue weighted by molar-refractivity contribution is 5.92. The molecule has 30 heavy (non-hydrogen) atoms. The van der Waals surface area contributed by atoms with Gasteiger partial charge in [-0.3, -0.25) is 9.69 Å². The molecule has 7 nitrogen and oxygen atoms in total. The zero-order valence-electron chi connectivity index (χ0n) is 16.7. The Labute approximate surface area is 175 Å². The number of benzene rings is 2. The summed E-state index contributed by atoms with van der Waals surface area (Å²) in [6, 6.07) is 15.6. The summed E-state index contributed by atoms with van der Waals surface area (Å²) in [5.74, 6) is 1.81. The number of hydrogen-bond donors (Lipinski definition) is 1. The van der Waals surface area contributed by atoms with Gasteiger partial charge in [-0.25, -0.2) is 4.68 Å². The summed E-state index contributed by atoms with van der Waals surface area (Å²) < 4.78 is 12.9.